The molecule has 0 aliphatic carbocycles. The Hall–Kier alpha value is 0.150. The van der Waals surface area contributed by atoms with E-state index >= 15 is 0 Å². The van der Waals surface area contributed by atoms with Gasteiger partial charge in [0.05, 0.1) is 0 Å². The van der Waals surface area contributed by atoms with Crippen LogP contribution in [0.5, 0.6) is 0 Å². The summed E-state index contributed by atoms with van der Waals surface area (Å²) < 4.78 is 110. The zero-order chi connectivity index (χ0) is 13.6. The Bertz CT molecular complexity index is 452. The van der Waals surface area contributed by atoms with Gasteiger partial charge in [-0.2, -0.15) is 0 Å². The molecule has 0 rings (SSSR count). The molecule has 16 heavy (non-hydrogen) atoms. The molecule has 0 radical (unpaired) electrons. The summed E-state index contributed by atoms with van der Waals surface area (Å²) in [6, 6.07) is 0. The van der Waals surface area contributed by atoms with Crippen LogP contribution in [-0.2, 0) is 44.3 Å². The van der Waals surface area contributed by atoms with Crippen molar-refractivity contribution in [2.24, 2.45) is 0 Å². The molecule has 0 amide bonds. The summed E-state index contributed by atoms with van der Waals surface area (Å²) in [5.74, 6) is 0. The summed E-state index contributed by atoms with van der Waals surface area (Å²) in [4.78, 5) is 0. The van der Waals surface area contributed by atoms with Crippen LogP contribution in [0.25, 0.3) is 0 Å². The maximum absolute atomic E-state index is 11.8. The van der Waals surface area contributed by atoms with Gasteiger partial charge in [0.25, 0.3) is 0 Å². The molecular formula is C2F6NO4S2Sc+. The van der Waals surface area contributed by atoms with E-state index < -0.39 is 56.6 Å². The van der Waals surface area contributed by atoms with Crippen molar-refractivity contribution in [1.82, 2.24) is 0 Å². The van der Waals surface area contributed by atoms with E-state index in [9.17, 15) is 43.2 Å². The van der Waals surface area contributed by atoms with Crippen LogP contribution in [0.1, 0.15) is 0 Å². The number of hydrogen-bond acceptors (Lipinski definition) is 4. The zero-order valence-corrected chi connectivity index (χ0v) is 10.2. The summed E-state index contributed by atoms with van der Waals surface area (Å²) in [6.07, 6.45) is 0. The molecule has 0 saturated carbocycles. The number of rotatable bonds is 2. The molecule has 0 aromatic heterocycles. The molecule has 14 heteroatoms. The van der Waals surface area contributed by atoms with E-state index in [2.05, 4.69) is 0 Å². The van der Waals surface area contributed by atoms with Crippen LogP contribution in [0.2, 0.25) is 0 Å². The number of hydrogen-bond donors (Lipinski definition) is 0. The molecule has 0 aromatic carbocycles. The minimum atomic E-state index is -6.56. The van der Waals surface area contributed by atoms with Crippen molar-refractivity contribution >= 4 is 20.0 Å². The van der Waals surface area contributed by atoms with Crippen LogP contribution in [0, 0.1) is 0 Å². The first-order valence-electron chi connectivity index (χ1n) is 2.83. The first-order valence-corrected chi connectivity index (χ1v) is 6.52. The van der Waals surface area contributed by atoms with Crippen LogP contribution in [0.4, 0.5) is 26.3 Å². The van der Waals surface area contributed by atoms with Gasteiger partial charge in [-0.05, 0) is 0 Å². The van der Waals surface area contributed by atoms with Crippen molar-refractivity contribution in [2.75, 3.05) is 0 Å². The number of nitrogens with zero attached hydrogens (tertiary/aromatic N) is 1. The first-order chi connectivity index (χ1) is 6.65. The number of halogens is 6. The van der Waals surface area contributed by atoms with Gasteiger partial charge in [-0.3, -0.25) is 0 Å². The van der Waals surface area contributed by atoms with Gasteiger partial charge in [-0.25, -0.2) is 0 Å². The Morgan fingerprint density at radius 1 is 0.750 bits per heavy atom. The third-order valence-corrected chi connectivity index (χ3v) is 6.95. The summed E-state index contributed by atoms with van der Waals surface area (Å²) in [5.41, 5.74) is -12.2. The van der Waals surface area contributed by atoms with Gasteiger partial charge < -0.3 is 0 Å². The average Bonchev–Trinajstić information content (AvgIpc) is 1.98. The quantitative estimate of drug-likeness (QED) is 0.690. The average molecular weight is 325 g/mol. The molecule has 0 fully saturated rings. The summed E-state index contributed by atoms with van der Waals surface area (Å²) in [7, 11) is -13.1. The third kappa shape index (κ3) is 2.69. The van der Waals surface area contributed by atoms with Gasteiger partial charge in [0.15, 0.2) is 0 Å². The predicted molar refractivity (Wildman–Crippen MR) is 30.2 cm³/mol. The monoisotopic (exact) mass is 325 g/mol. The van der Waals surface area contributed by atoms with E-state index in [1.807, 2.05) is 0 Å². The van der Waals surface area contributed by atoms with Gasteiger partial charge in [-0.1, -0.05) is 0 Å². The molecule has 93 valence electrons. The van der Waals surface area contributed by atoms with Crippen molar-refractivity contribution in [1.29, 1.82) is 0 Å². The second-order valence-electron chi connectivity index (χ2n) is 2.13. The molecule has 5 nitrogen and oxygen atoms in total. The van der Waals surface area contributed by atoms with Crippen molar-refractivity contribution in [3.63, 3.8) is 0 Å². The van der Waals surface area contributed by atoms with E-state index in [0.717, 1.165) is 0 Å². The minimum absolute atomic E-state index is 0.877. The molecule has 0 spiro atoms. The Kier molecular flexibility index (Phi) is 4.15. The van der Waals surface area contributed by atoms with E-state index in [-0.39, 0.29) is 0 Å². The molecule has 0 saturated heterocycles. The van der Waals surface area contributed by atoms with Gasteiger partial charge in [0.2, 0.25) is 0 Å². The van der Waals surface area contributed by atoms with Crippen molar-refractivity contribution in [2.45, 2.75) is 11.0 Å². The third-order valence-electron chi connectivity index (χ3n) is 1.06. The predicted octanol–water partition coefficient (Wildman–Crippen LogP) is 0.429. The van der Waals surface area contributed by atoms with Gasteiger partial charge in [0, 0.05) is 0 Å². The van der Waals surface area contributed by atoms with Gasteiger partial charge >= 0.3 is 99.8 Å². The van der Waals surface area contributed by atoms with Crippen molar-refractivity contribution < 1.29 is 68.7 Å². The van der Waals surface area contributed by atoms with Crippen molar-refractivity contribution in [3.05, 3.63) is 0 Å². The Morgan fingerprint density at radius 2 is 0.938 bits per heavy atom. The van der Waals surface area contributed by atoms with Crippen LogP contribution >= 0.6 is 0 Å². The molecule has 0 N–H and O–H groups in total. The second kappa shape index (κ2) is 4.12. The summed E-state index contributed by atoms with van der Waals surface area (Å²) in [6.45, 7) is 0. The molecule has 0 heterocycles. The second-order valence-corrected chi connectivity index (χ2v) is 7.95. The van der Waals surface area contributed by atoms with Crippen LogP contribution in [0.15, 0.2) is 0 Å². The Morgan fingerprint density at radius 3 is 1.06 bits per heavy atom. The molecule has 0 bridgehead atoms. The molecule has 0 aliphatic heterocycles. The Labute approximate surface area is 99.6 Å². The van der Waals surface area contributed by atoms with E-state index in [0.29, 0.717) is 0 Å². The molecular weight excluding hydrogens is 325 g/mol. The van der Waals surface area contributed by atoms with Gasteiger partial charge in [-0.15, -0.1) is 0 Å². The van der Waals surface area contributed by atoms with E-state index in [1.165, 1.54) is 0 Å². The van der Waals surface area contributed by atoms with Crippen molar-refractivity contribution in [3.8, 4) is 0 Å². The molecule has 0 atom stereocenters. The summed E-state index contributed by atoms with van der Waals surface area (Å²) in [5, 5.41) is 0. The molecule has 0 aliphatic rings. The Balaban J connectivity index is 5.81. The van der Waals surface area contributed by atoms with Gasteiger partial charge in [0.1, 0.15) is 0 Å². The molecule has 0 aromatic rings. The maximum atomic E-state index is 11.8. The number of sulfonamides is 2. The fraction of sp³-hybridized carbons (Fsp3) is 1.00. The van der Waals surface area contributed by atoms with E-state index in [1.54, 1.807) is 0 Å². The number of alkyl halides is 6. The van der Waals surface area contributed by atoms with E-state index in [4.69, 9.17) is 0 Å². The fourth-order valence-electron chi connectivity index (χ4n) is 0.333. The fourth-order valence-corrected chi connectivity index (χ4v) is 3.40. The normalized spacial score (nSPS) is 15.0. The van der Waals surface area contributed by atoms with Crippen LogP contribution < -0.4 is 0 Å². The van der Waals surface area contributed by atoms with Crippen LogP contribution in [0.3, 0.4) is 0 Å². The first kappa shape index (κ1) is 16.2. The summed E-state index contributed by atoms with van der Waals surface area (Å²) >= 11 is -0.877. The topological polar surface area (TPSA) is 71.3 Å². The standard InChI is InChI=1S/C2F6NO4S2.Sc/c3-1(4,5)14(10,11)9-15(12,13)2(6,7)8;/q-1;+2. The SMILES string of the molecule is O=S(=O)([N+](=[Sc])S(=O)(=O)C(F)(F)F)C(F)(F)F. The van der Waals surface area contributed by atoms with Crippen LogP contribution in [-0.4, -0.2) is 29.2 Å². The zero-order valence-electron chi connectivity index (χ0n) is 6.74. The molecule has 0 unspecified atom stereocenters.